The molecule has 0 saturated carbocycles. The molecule has 0 N–H and O–H groups in total. The molecular formula is C13H24N2O4. The first-order chi connectivity index (χ1) is 9.10. The van der Waals surface area contributed by atoms with E-state index in [0.29, 0.717) is 19.8 Å². The predicted octanol–water partition coefficient (Wildman–Crippen LogP) is -0.488. The third-order valence-electron chi connectivity index (χ3n) is 2.22. The second kappa shape index (κ2) is 11.7. The average molecular weight is 272 g/mol. The third kappa shape index (κ3) is 11.4. The Kier molecular flexibility index (Phi) is 10.8. The highest BCUT2D eigenvalue weighted by Gasteiger charge is 1.92. The Balaban J connectivity index is 0.000000356. The molecule has 110 valence electrons. The highest BCUT2D eigenvalue weighted by Crippen LogP contribution is 1.81. The van der Waals surface area contributed by atoms with E-state index in [9.17, 15) is 9.90 Å². The van der Waals surface area contributed by atoms with Crippen LogP contribution in [0.5, 0.6) is 0 Å². The molecule has 0 bridgehead atoms. The van der Waals surface area contributed by atoms with E-state index in [2.05, 4.69) is 24.0 Å². The van der Waals surface area contributed by atoms with Gasteiger partial charge < -0.3 is 19.4 Å². The molecule has 0 unspecified atom stereocenters. The van der Waals surface area contributed by atoms with Gasteiger partial charge in [0.1, 0.15) is 12.4 Å². The van der Waals surface area contributed by atoms with E-state index in [1.165, 1.54) is 0 Å². The molecule has 1 aromatic rings. The lowest BCUT2D eigenvalue weighted by atomic mass is 10.5. The molecule has 0 fully saturated rings. The van der Waals surface area contributed by atoms with Crippen molar-refractivity contribution in [1.82, 2.24) is 4.57 Å². The summed E-state index contributed by atoms with van der Waals surface area (Å²) in [6.45, 7) is 6.89. The highest BCUT2D eigenvalue weighted by molar-refractivity contribution is 5.64. The number of aryl methyl sites for hydroxylation is 2. The van der Waals surface area contributed by atoms with Crippen LogP contribution in [0, 0.1) is 0 Å². The number of imidazole rings is 1. The Morgan fingerprint density at radius 1 is 1.26 bits per heavy atom. The maximum absolute atomic E-state index is 9.87. The van der Waals surface area contributed by atoms with Crippen molar-refractivity contribution >= 4 is 5.97 Å². The van der Waals surface area contributed by atoms with Crippen LogP contribution in [-0.4, -0.2) is 37.0 Å². The molecule has 6 heteroatoms. The van der Waals surface area contributed by atoms with Crippen molar-refractivity contribution < 1.29 is 23.9 Å². The second-order valence-corrected chi connectivity index (χ2v) is 3.84. The summed E-state index contributed by atoms with van der Waals surface area (Å²) in [5.74, 6) is -1.08. The third-order valence-corrected chi connectivity index (χ3v) is 2.22. The SMILES string of the molecule is CCOCCOCCC(=O)[O-].CC[n+]1ccn(C)c1. The number of aromatic nitrogens is 2. The zero-order valence-electron chi connectivity index (χ0n) is 12.0. The van der Waals surface area contributed by atoms with Crippen molar-refractivity contribution in [1.29, 1.82) is 0 Å². The Morgan fingerprint density at radius 2 is 1.95 bits per heavy atom. The van der Waals surface area contributed by atoms with Crippen LogP contribution in [0.4, 0.5) is 0 Å². The van der Waals surface area contributed by atoms with E-state index in [0.717, 1.165) is 6.54 Å². The van der Waals surface area contributed by atoms with Gasteiger partial charge in [0, 0.05) is 19.0 Å². The average Bonchev–Trinajstić information content (AvgIpc) is 2.80. The van der Waals surface area contributed by atoms with Crippen LogP contribution >= 0.6 is 0 Å². The van der Waals surface area contributed by atoms with Crippen molar-refractivity contribution in [2.24, 2.45) is 7.05 Å². The normalized spacial score (nSPS) is 9.84. The number of carbonyl (C=O) groups excluding carboxylic acids is 1. The Hall–Kier alpha value is -1.40. The van der Waals surface area contributed by atoms with Crippen molar-refractivity contribution in [3.63, 3.8) is 0 Å². The Morgan fingerprint density at radius 3 is 2.37 bits per heavy atom. The summed E-state index contributed by atoms with van der Waals surface area (Å²) in [5.41, 5.74) is 0. The smallest absolute Gasteiger partial charge is 0.243 e. The summed E-state index contributed by atoms with van der Waals surface area (Å²) in [6, 6.07) is 0. The summed E-state index contributed by atoms with van der Waals surface area (Å²) in [5, 5.41) is 9.87. The van der Waals surface area contributed by atoms with E-state index in [1.807, 2.05) is 24.7 Å². The molecule has 0 amide bonds. The monoisotopic (exact) mass is 272 g/mol. The van der Waals surface area contributed by atoms with Crippen molar-refractivity contribution in [3.05, 3.63) is 18.7 Å². The maximum Gasteiger partial charge on any atom is 0.243 e. The minimum absolute atomic E-state index is 0.0495. The van der Waals surface area contributed by atoms with Crippen LogP contribution in [-0.2, 0) is 27.9 Å². The van der Waals surface area contributed by atoms with Gasteiger partial charge in [-0.15, -0.1) is 0 Å². The van der Waals surface area contributed by atoms with Gasteiger partial charge in [-0.05, 0) is 13.8 Å². The molecular weight excluding hydrogens is 248 g/mol. The molecule has 1 rings (SSSR count). The lowest BCUT2D eigenvalue weighted by Gasteiger charge is -2.04. The first kappa shape index (κ1) is 17.6. The zero-order valence-corrected chi connectivity index (χ0v) is 12.0. The molecule has 6 nitrogen and oxygen atoms in total. The van der Waals surface area contributed by atoms with Gasteiger partial charge in [0.2, 0.25) is 6.33 Å². The molecule has 1 heterocycles. The van der Waals surface area contributed by atoms with Gasteiger partial charge in [-0.25, -0.2) is 9.13 Å². The Labute approximate surface area is 114 Å². The number of carboxylic acid groups (broad SMARTS) is 1. The van der Waals surface area contributed by atoms with Gasteiger partial charge >= 0.3 is 0 Å². The van der Waals surface area contributed by atoms with Crippen LogP contribution in [0.1, 0.15) is 20.3 Å². The molecule has 0 aliphatic rings. The fourth-order valence-electron chi connectivity index (χ4n) is 1.21. The number of carbonyl (C=O) groups is 1. The molecule has 0 atom stereocenters. The summed E-state index contributed by atoms with van der Waals surface area (Å²) in [6.07, 6.45) is 6.09. The number of ether oxygens (including phenoxy) is 2. The topological polar surface area (TPSA) is 67.4 Å². The van der Waals surface area contributed by atoms with Crippen LogP contribution in [0.25, 0.3) is 0 Å². The molecule has 0 aromatic carbocycles. The first-order valence-corrected chi connectivity index (χ1v) is 6.46. The van der Waals surface area contributed by atoms with E-state index in [4.69, 9.17) is 9.47 Å². The van der Waals surface area contributed by atoms with Crippen molar-refractivity contribution in [3.8, 4) is 0 Å². The quantitative estimate of drug-likeness (QED) is 0.473. The lowest BCUT2D eigenvalue weighted by Crippen LogP contribution is -2.28. The second-order valence-electron chi connectivity index (χ2n) is 3.84. The van der Waals surface area contributed by atoms with Crippen LogP contribution in [0.2, 0.25) is 0 Å². The van der Waals surface area contributed by atoms with Gasteiger partial charge in [0.05, 0.1) is 33.4 Å². The predicted molar refractivity (Wildman–Crippen MR) is 68.2 cm³/mol. The number of hydrogen-bond acceptors (Lipinski definition) is 4. The number of carboxylic acids is 1. The van der Waals surface area contributed by atoms with E-state index >= 15 is 0 Å². The summed E-state index contributed by atoms with van der Waals surface area (Å²) < 4.78 is 14.0. The van der Waals surface area contributed by atoms with Crippen molar-refractivity contribution in [2.45, 2.75) is 26.8 Å². The van der Waals surface area contributed by atoms with Gasteiger partial charge in [-0.1, -0.05) is 0 Å². The molecule has 0 aliphatic carbocycles. The van der Waals surface area contributed by atoms with Gasteiger partial charge in [-0.3, -0.25) is 0 Å². The van der Waals surface area contributed by atoms with E-state index in [-0.39, 0.29) is 13.0 Å². The molecule has 19 heavy (non-hydrogen) atoms. The number of hydrogen-bond donors (Lipinski definition) is 0. The molecule has 0 saturated heterocycles. The van der Waals surface area contributed by atoms with Crippen LogP contribution < -0.4 is 9.67 Å². The lowest BCUT2D eigenvalue weighted by molar-refractivity contribution is -0.693. The molecule has 0 spiro atoms. The summed E-state index contributed by atoms with van der Waals surface area (Å²) in [7, 11) is 2.02. The zero-order chi connectivity index (χ0) is 14.5. The fraction of sp³-hybridized carbons (Fsp3) is 0.692. The molecule has 0 aliphatic heterocycles. The summed E-state index contributed by atoms with van der Waals surface area (Å²) in [4.78, 5) is 9.87. The van der Waals surface area contributed by atoms with Gasteiger partial charge in [0.25, 0.3) is 0 Å². The fourth-order valence-corrected chi connectivity index (χ4v) is 1.21. The van der Waals surface area contributed by atoms with Crippen LogP contribution in [0.3, 0.4) is 0 Å². The molecule has 1 aromatic heterocycles. The largest absolute Gasteiger partial charge is 0.550 e. The van der Waals surface area contributed by atoms with Crippen LogP contribution in [0.15, 0.2) is 18.7 Å². The number of nitrogens with zero attached hydrogens (tertiary/aromatic N) is 2. The van der Waals surface area contributed by atoms with Gasteiger partial charge in [0.15, 0.2) is 0 Å². The molecule has 0 radical (unpaired) electrons. The number of aliphatic carboxylic acids is 1. The van der Waals surface area contributed by atoms with Crippen molar-refractivity contribution in [2.75, 3.05) is 26.4 Å². The van der Waals surface area contributed by atoms with Gasteiger partial charge in [-0.2, -0.15) is 0 Å². The standard InChI is InChI=1S/C7H14O4.C6H11N2/c1-2-10-5-6-11-4-3-7(8)9;1-3-8-5-4-7(2)6-8/h2-6H2,1H3,(H,8,9);4-6H,3H2,1-2H3/q;+1/p-1. The highest BCUT2D eigenvalue weighted by atomic mass is 16.5. The first-order valence-electron chi connectivity index (χ1n) is 6.46. The Bertz CT molecular complexity index is 339. The number of rotatable bonds is 8. The van der Waals surface area contributed by atoms with E-state index < -0.39 is 5.97 Å². The van der Waals surface area contributed by atoms with E-state index in [1.54, 1.807) is 0 Å². The minimum Gasteiger partial charge on any atom is -0.550 e. The minimum atomic E-state index is -1.08. The maximum atomic E-state index is 9.87. The summed E-state index contributed by atoms with van der Waals surface area (Å²) >= 11 is 0.